The summed E-state index contributed by atoms with van der Waals surface area (Å²) in [5.41, 5.74) is 3.51. The molecule has 124 valence electrons. The van der Waals surface area contributed by atoms with Crippen molar-refractivity contribution in [2.45, 2.75) is 12.6 Å². The van der Waals surface area contributed by atoms with Crippen molar-refractivity contribution in [3.05, 3.63) is 58.8 Å². The van der Waals surface area contributed by atoms with Gasteiger partial charge in [0.15, 0.2) is 0 Å². The van der Waals surface area contributed by atoms with E-state index in [2.05, 4.69) is 32.0 Å². The summed E-state index contributed by atoms with van der Waals surface area (Å²) in [6.07, 6.45) is 7.58. The Kier molecular flexibility index (Phi) is 4.23. The van der Waals surface area contributed by atoms with Crippen LogP contribution in [-0.4, -0.2) is 35.7 Å². The molecule has 1 aromatic carbocycles. The molecule has 2 aromatic rings. The molecule has 1 saturated heterocycles. The van der Waals surface area contributed by atoms with Crippen molar-refractivity contribution >= 4 is 22.6 Å². The fourth-order valence-electron chi connectivity index (χ4n) is 2.65. The highest BCUT2D eigenvalue weighted by Crippen LogP contribution is 2.22. The highest BCUT2D eigenvalue weighted by molar-refractivity contribution is 6.34. The van der Waals surface area contributed by atoms with E-state index < -0.39 is 0 Å². The van der Waals surface area contributed by atoms with E-state index in [-0.39, 0.29) is 6.10 Å². The van der Waals surface area contributed by atoms with Gasteiger partial charge in [0.25, 0.3) is 0 Å². The summed E-state index contributed by atoms with van der Waals surface area (Å²) < 4.78 is 6.00. The Morgan fingerprint density at radius 1 is 1.25 bits per heavy atom. The van der Waals surface area contributed by atoms with Crippen molar-refractivity contribution in [2.75, 3.05) is 19.6 Å². The molecule has 1 aromatic heterocycles. The highest BCUT2D eigenvalue weighted by atomic mass is 35.5. The van der Waals surface area contributed by atoms with E-state index >= 15 is 0 Å². The van der Waals surface area contributed by atoms with Crippen molar-refractivity contribution < 1.29 is 4.74 Å². The van der Waals surface area contributed by atoms with Gasteiger partial charge in [-0.05, 0) is 23.8 Å². The van der Waals surface area contributed by atoms with Crippen LogP contribution in [0.25, 0.3) is 11.0 Å². The lowest BCUT2D eigenvalue weighted by atomic mass is 10.1. The van der Waals surface area contributed by atoms with Crippen molar-refractivity contribution in [1.82, 2.24) is 25.9 Å². The smallest absolute Gasteiger partial charge is 0.142 e. The summed E-state index contributed by atoms with van der Waals surface area (Å²) >= 11 is 6.31. The Labute approximate surface area is 145 Å². The second-order valence-electron chi connectivity index (χ2n) is 5.79. The van der Waals surface area contributed by atoms with Crippen molar-refractivity contribution in [3.8, 4) is 0 Å². The van der Waals surface area contributed by atoms with Gasteiger partial charge in [-0.25, -0.2) is 0 Å². The molecule has 0 radical (unpaired) electrons. The number of ether oxygens (including phenoxy) is 1. The van der Waals surface area contributed by atoms with Crippen molar-refractivity contribution in [3.63, 3.8) is 0 Å². The predicted octanol–water partition coefficient (Wildman–Crippen LogP) is 1.69. The van der Waals surface area contributed by atoms with Crippen LogP contribution in [0.5, 0.6) is 0 Å². The second kappa shape index (κ2) is 6.67. The van der Waals surface area contributed by atoms with Gasteiger partial charge in [-0.2, -0.15) is 0 Å². The molecule has 0 saturated carbocycles. The predicted molar refractivity (Wildman–Crippen MR) is 93.3 cm³/mol. The van der Waals surface area contributed by atoms with E-state index in [9.17, 15) is 0 Å². The molecule has 7 heteroatoms. The molecular formula is C17H18ClN5O. The molecule has 1 fully saturated rings. The SMILES string of the molecule is Clc1cc(CNC2=CNCC=C2OC2CNC2)cc2nccnc12. The molecule has 3 N–H and O–H groups in total. The third-order valence-corrected chi connectivity index (χ3v) is 4.31. The maximum absolute atomic E-state index is 6.31. The molecule has 0 bridgehead atoms. The Morgan fingerprint density at radius 3 is 2.96 bits per heavy atom. The Balaban J connectivity index is 1.47. The minimum atomic E-state index is 0.255. The average molecular weight is 344 g/mol. The lowest BCUT2D eigenvalue weighted by molar-refractivity contribution is 0.0734. The summed E-state index contributed by atoms with van der Waals surface area (Å²) in [6, 6.07) is 3.92. The van der Waals surface area contributed by atoms with Gasteiger partial charge in [0, 0.05) is 44.8 Å². The Hall–Kier alpha value is -2.31. The molecular weight excluding hydrogens is 326 g/mol. The molecule has 24 heavy (non-hydrogen) atoms. The Morgan fingerprint density at radius 2 is 2.12 bits per heavy atom. The largest absolute Gasteiger partial charge is 0.486 e. The van der Waals surface area contributed by atoms with Crippen LogP contribution in [0.4, 0.5) is 0 Å². The van der Waals surface area contributed by atoms with Crippen LogP contribution in [0.15, 0.2) is 48.3 Å². The van der Waals surface area contributed by atoms with Crippen molar-refractivity contribution in [1.29, 1.82) is 0 Å². The second-order valence-corrected chi connectivity index (χ2v) is 6.20. The van der Waals surface area contributed by atoms with E-state index in [1.165, 1.54) is 0 Å². The first-order valence-electron chi connectivity index (χ1n) is 7.94. The number of fused-ring (bicyclic) bond motifs is 1. The average Bonchev–Trinajstić information content (AvgIpc) is 2.57. The number of nitrogens with one attached hydrogen (secondary N) is 3. The molecule has 6 nitrogen and oxygen atoms in total. The summed E-state index contributed by atoms with van der Waals surface area (Å²) in [5.74, 6) is 0.895. The molecule has 2 aliphatic heterocycles. The molecule has 4 rings (SSSR count). The quantitative estimate of drug-likeness (QED) is 0.767. The van der Waals surface area contributed by atoms with Gasteiger partial charge in [-0.15, -0.1) is 0 Å². The molecule has 0 atom stereocenters. The van der Waals surface area contributed by atoms with E-state index in [1.54, 1.807) is 12.4 Å². The monoisotopic (exact) mass is 343 g/mol. The molecule has 0 amide bonds. The summed E-state index contributed by atoms with van der Waals surface area (Å²) in [4.78, 5) is 8.59. The van der Waals surface area contributed by atoms with Crippen LogP contribution in [0, 0.1) is 0 Å². The van der Waals surface area contributed by atoms with Crippen LogP contribution in [-0.2, 0) is 11.3 Å². The maximum atomic E-state index is 6.31. The first-order chi connectivity index (χ1) is 11.8. The lowest BCUT2D eigenvalue weighted by Gasteiger charge is -2.31. The van der Waals surface area contributed by atoms with E-state index in [1.807, 2.05) is 18.3 Å². The standard InChI is InChI=1S/C17H18ClN5O/c18-13-5-11(6-14-17(13)22-4-3-21-14)7-23-15-10-19-2-1-16(15)24-12-8-20-9-12/h1,3-6,10,12,19-20,23H,2,7-9H2. The normalized spacial score (nSPS) is 17.5. The van der Waals surface area contributed by atoms with Gasteiger partial charge in [-0.3, -0.25) is 9.97 Å². The van der Waals surface area contributed by atoms with Gasteiger partial charge in [-0.1, -0.05) is 11.6 Å². The van der Waals surface area contributed by atoms with Crippen LogP contribution < -0.4 is 16.0 Å². The maximum Gasteiger partial charge on any atom is 0.142 e. The van der Waals surface area contributed by atoms with Crippen LogP contribution in [0.3, 0.4) is 0 Å². The fourth-order valence-corrected chi connectivity index (χ4v) is 2.94. The minimum absolute atomic E-state index is 0.255. The zero-order valence-electron chi connectivity index (χ0n) is 13.1. The topological polar surface area (TPSA) is 71.1 Å². The third kappa shape index (κ3) is 3.16. The van der Waals surface area contributed by atoms with Gasteiger partial charge >= 0.3 is 0 Å². The van der Waals surface area contributed by atoms with Gasteiger partial charge in [0.2, 0.25) is 0 Å². The number of hydrogen-bond acceptors (Lipinski definition) is 6. The summed E-state index contributed by atoms with van der Waals surface area (Å²) in [6.45, 7) is 3.20. The Bertz CT molecular complexity index is 816. The summed E-state index contributed by atoms with van der Waals surface area (Å²) in [5, 5.41) is 10.4. The number of hydrogen-bond donors (Lipinski definition) is 3. The van der Waals surface area contributed by atoms with E-state index in [4.69, 9.17) is 16.3 Å². The fraction of sp³-hybridized carbons (Fsp3) is 0.294. The van der Waals surface area contributed by atoms with Gasteiger partial charge in [0.1, 0.15) is 17.4 Å². The lowest BCUT2D eigenvalue weighted by Crippen LogP contribution is -2.48. The number of nitrogens with zero attached hydrogens (tertiary/aromatic N) is 2. The van der Waals surface area contributed by atoms with Crippen molar-refractivity contribution in [2.24, 2.45) is 0 Å². The number of halogens is 1. The molecule has 0 aliphatic carbocycles. The zero-order chi connectivity index (χ0) is 16.4. The molecule has 0 spiro atoms. The van der Waals surface area contributed by atoms with Crippen LogP contribution >= 0.6 is 11.6 Å². The number of rotatable bonds is 5. The van der Waals surface area contributed by atoms with Crippen LogP contribution in [0.1, 0.15) is 5.56 Å². The van der Waals surface area contributed by atoms with Gasteiger partial charge < -0.3 is 20.7 Å². The van der Waals surface area contributed by atoms with Gasteiger partial charge in [0.05, 0.1) is 16.2 Å². The molecule has 0 unspecified atom stereocenters. The zero-order valence-corrected chi connectivity index (χ0v) is 13.8. The minimum Gasteiger partial charge on any atom is -0.486 e. The number of benzene rings is 1. The number of dihydropyridines is 1. The first-order valence-corrected chi connectivity index (χ1v) is 8.32. The highest BCUT2D eigenvalue weighted by Gasteiger charge is 2.21. The molecule has 2 aliphatic rings. The first kappa shape index (κ1) is 15.2. The van der Waals surface area contributed by atoms with E-state index in [0.29, 0.717) is 11.6 Å². The number of aromatic nitrogens is 2. The van der Waals surface area contributed by atoms with Crippen LogP contribution in [0.2, 0.25) is 5.02 Å². The molecule has 3 heterocycles. The summed E-state index contributed by atoms with van der Waals surface area (Å²) in [7, 11) is 0. The van der Waals surface area contributed by atoms with E-state index in [0.717, 1.165) is 47.7 Å². The third-order valence-electron chi connectivity index (χ3n) is 4.02.